The third-order valence-electron chi connectivity index (χ3n) is 16.0. The lowest BCUT2D eigenvalue weighted by Crippen LogP contribution is -2.40. The van der Waals surface area contributed by atoms with E-state index in [1.165, 1.54) is 19.3 Å². The molecule has 0 atom stereocenters. The molecule has 9 heterocycles. The van der Waals surface area contributed by atoms with Gasteiger partial charge in [-0.25, -0.2) is 19.9 Å². The molecule has 1 amide bonds. The van der Waals surface area contributed by atoms with E-state index in [9.17, 15) is 14.7 Å². The van der Waals surface area contributed by atoms with E-state index in [4.69, 9.17) is 62.3 Å². The summed E-state index contributed by atoms with van der Waals surface area (Å²) in [6.45, 7) is 14.0. The van der Waals surface area contributed by atoms with Crippen LogP contribution in [0.1, 0.15) is 105 Å². The van der Waals surface area contributed by atoms with Gasteiger partial charge in [0.05, 0.1) is 76.7 Å². The van der Waals surface area contributed by atoms with E-state index in [1.807, 2.05) is 77.9 Å². The maximum absolute atomic E-state index is 13.5. The van der Waals surface area contributed by atoms with Crippen molar-refractivity contribution < 1.29 is 62.0 Å². The van der Waals surface area contributed by atoms with Gasteiger partial charge in [0.2, 0.25) is 5.75 Å². The minimum Gasteiger partial charge on any atom is -0.496 e. The van der Waals surface area contributed by atoms with Gasteiger partial charge in [-0.3, -0.25) is 9.59 Å². The second kappa shape index (κ2) is 25.4. The largest absolute Gasteiger partial charge is 0.496 e. The van der Waals surface area contributed by atoms with Crippen LogP contribution in [0.5, 0.6) is 40.2 Å². The molecule has 4 aliphatic rings. The van der Waals surface area contributed by atoms with Crippen LogP contribution in [0.25, 0.3) is 88.6 Å². The summed E-state index contributed by atoms with van der Waals surface area (Å²) < 4.78 is 51.6. The monoisotopic (exact) mass is 1190 g/mol. The summed E-state index contributed by atoms with van der Waals surface area (Å²) in [6.07, 6.45) is 6.67. The number of carbonyl (C=O) groups is 2. The van der Waals surface area contributed by atoms with Crippen molar-refractivity contribution in [2.45, 2.75) is 114 Å². The standard InChI is InChI=1S/C31H31N5O6.C26H22N4O6.C6H12O.2CH4/c1-15-25(16(2)42-35-15)22-13-23-21(14-24(22)39-4)26-27(32-17(3)33-30(26)34-23)19-5-6-20(29-28(19)40-11-12-41-29)31(38)36-9-7-18(37)8-10-36;1-12-21(13(2)36-30-12)17-9-18-16(10-20(17)32-4)22-23(27-14(3)28-26(22)29-18)15-5-6-19(35-11-31)25-24(15)33-7-8-34-25;7-6-4-2-1-3-5-6;;/h5-6,13-14,18,37H,7-12H2,1-4H3,(H,32,33,34);5-6,9-11H,7-8H2,1-4H3,(H,27,28,29);6-7H,1-5H2;2*1H4. The molecule has 4 N–H and O–H groups in total. The van der Waals surface area contributed by atoms with Gasteiger partial charge in [-0.2, -0.15) is 0 Å². The lowest BCUT2D eigenvalue weighted by molar-refractivity contribution is -0.120. The fraction of sp³-hybridized carbons (Fsp3) is 0.385. The van der Waals surface area contributed by atoms with Crippen LogP contribution in [0.4, 0.5) is 0 Å². The maximum Gasteiger partial charge on any atom is 0.298 e. The molecular formula is C65H73N9O13. The smallest absolute Gasteiger partial charge is 0.298 e. The number of aliphatic hydroxyl groups excluding tert-OH is 2. The number of aromatic nitrogens is 8. The molecule has 22 heteroatoms. The van der Waals surface area contributed by atoms with Crippen LogP contribution in [0.15, 0.2) is 57.6 Å². The quantitative estimate of drug-likeness (QED) is 0.0977. The summed E-state index contributed by atoms with van der Waals surface area (Å²) >= 11 is 0. The number of likely N-dealkylation sites (tertiary alicyclic amines) is 1. The lowest BCUT2D eigenvalue weighted by Gasteiger charge is -2.31. The van der Waals surface area contributed by atoms with E-state index in [2.05, 4.69) is 25.3 Å². The van der Waals surface area contributed by atoms with Crippen molar-refractivity contribution in [3.8, 4) is 85.0 Å². The van der Waals surface area contributed by atoms with Crippen molar-refractivity contribution >= 4 is 56.3 Å². The number of fused-ring (bicyclic) bond motifs is 8. The molecule has 1 saturated heterocycles. The summed E-state index contributed by atoms with van der Waals surface area (Å²) in [5.41, 5.74) is 11.3. The van der Waals surface area contributed by atoms with E-state index in [0.717, 1.165) is 79.1 Å². The Morgan fingerprint density at radius 2 is 1.03 bits per heavy atom. The van der Waals surface area contributed by atoms with Crippen LogP contribution >= 0.6 is 0 Å². The molecule has 0 unspecified atom stereocenters. The number of hydrogen-bond acceptors (Lipinski definition) is 19. The van der Waals surface area contributed by atoms with Crippen molar-refractivity contribution in [1.82, 2.24) is 45.1 Å². The Kier molecular flexibility index (Phi) is 17.7. The molecule has 1 saturated carbocycles. The van der Waals surface area contributed by atoms with Crippen LogP contribution in [0.2, 0.25) is 0 Å². The molecule has 6 aromatic heterocycles. The van der Waals surface area contributed by atoms with Gasteiger partial charge in [0.15, 0.2) is 23.0 Å². The van der Waals surface area contributed by atoms with E-state index in [1.54, 1.807) is 31.3 Å². The third kappa shape index (κ3) is 11.4. The number of hydrogen-bond donors (Lipinski definition) is 4. The summed E-state index contributed by atoms with van der Waals surface area (Å²) in [6, 6.07) is 15.1. The number of aryl methyl sites for hydroxylation is 6. The van der Waals surface area contributed by atoms with Crippen LogP contribution < -0.4 is 33.2 Å². The normalized spacial score (nSPS) is 14.8. The Bertz CT molecular complexity index is 4170. The fourth-order valence-corrected chi connectivity index (χ4v) is 12.0. The zero-order valence-corrected chi connectivity index (χ0v) is 48.6. The predicted molar refractivity (Wildman–Crippen MR) is 329 cm³/mol. The van der Waals surface area contributed by atoms with Gasteiger partial charge in [0, 0.05) is 57.1 Å². The first kappa shape index (κ1) is 60.8. The summed E-state index contributed by atoms with van der Waals surface area (Å²) in [5, 5.41) is 30.4. The average molecular weight is 1190 g/mol. The molecule has 22 nitrogen and oxygen atoms in total. The van der Waals surface area contributed by atoms with Crippen molar-refractivity contribution in [2.24, 2.45) is 0 Å². The second-order valence-corrected chi connectivity index (χ2v) is 21.5. The summed E-state index contributed by atoms with van der Waals surface area (Å²) in [4.78, 5) is 52.2. The lowest BCUT2D eigenvalue weighted by atomic mass is 9.98. The minimum absolute atomic E-state index is 0. The summed E-state index contributed by atoms with van der Waals surface area (Å²) in [7, 11) is 3.27. The molecule has 2 fully saturated rings. The Morgan fingerprint density at radius 3 is 1.48 bits per heavy atom. The van der Waals surface area contributed by atoms with Crippen LogP contribution in [0.3, 0.4) is 0 Å². The zero-order chi connectivity index (χ0) is 59.2. The van der Waals surface area contributed by atoms with Gasteiger partial charge < -0.3 is 67.3 Å². The van der Waals surface area contributed by atoms with Gasteiger partial charge in [0.25, 0.3) is 12.4 Å². The first-order valence-electron chi connectivity index (χ1n) is 28.5. The highest BCUT2D eigenvalue weighted by atomic mass is 16.6. The van der Waals surface area contributed by atoms with Crippen molar-refractivity contribution in [1.29, 1.82) is 0 Å². The van der Waals surface area contributed by atoms with E-state index >= 15 is 0 Å². The first-order valence-corrected chi connectivity index (χ1v) is 28.5. The number of aromatic amines is 2. The van der Waals surface area contributed by atoms with Crippen molar-refractivity contribution in [3.63, 3.8) is 0 Å². The molecule has 456 valence electrons. The Hall–Kier alpha value is -9.28. The number of rotatable bonds is 9. The number of amides is 1. The molecule has 3 aliphatic heterocycles. The van der Waals surface area contributed by atoms with Crippen LogP contribution in [0, 0.1) is 41.5 Å². The molecule has 87 heavy (non-hydrogen) atoms. The second-order valence-electron chi connectivity index (χ2n) is 21.5. The molecule has 1 aliphatic carbocycles. The topological polar surface area (TPSA) is 278 Å². The number of methoxy groups -OCH3 is 2. The number of aliphatic hydroxyl groups is 2. The van der Waals surface area contributed by atoms with Gasteiger partial charge in [0.1, 0.15) is 72.4 Å². The Balaban J connectivity index is 0.000000171. The van der Waals surface area contributed by atoms with Crippen molar-refractivity contribution in [2.75, 3.05) is 53.7 Å². The molecule has 0 radical (unpaired) electrons. The molecule has 10 aromatic rings. The van der Waals surface area contributed by atoms with E-state index < -0.39 is 0 Å². The van der Waals surface area contributed by atoms with Gasteiger partial charge in [-0.1, -0.05) is 44.4 Å². The number of H-pyrrole nitrogens is 2. The average Bonchev–Trinajstić information content (AvgIpc) is 2.22. The van der Waals surface area contributed by atoms with Gasteiger partial charge >= 0.3 is 0 Å². The zero-order valence-electron chi connectivity index (χ0n) is 48.6. The third-order valence-corrected chi connectivity index (χ3v) is 16.0. The van der Waals surface area contributed by atoms with Crippen LogP contribution in [-0.2, 0) is 4.79 Å². The first-order chi connectivity index (χ1) is 41.2. The highest BCUT2D eigenvalue weighted by Crippen LogP contribution is 2.50. The Labute approximate surface area is 502 Å². The fourth-order valence-electron chi connectivity index (χ4n) is 12.0. The maximum atomic E-state index is 13.5. The number of ether oxygens (including phenoxy) is 7. The molecule has 0 bridgehead atoms. The predicted octanol–water partition coefficient (Wildman–Crippen LogP) is 12.0. The molecule has 0 spiro atoms. The molecule has 14 rings (SSSR count). The van der Waals surface area contributed by atoms with Crippen LogP contribution in [-0.4, -0.2) is 134 Å². The minimum atomic E-state index is -0.372. The Morgan fingerprint density at radius 1 is 0.575 bits per heavy atom. The highest BCUT2D eigenvalue weighted by Gasteiger charge is 2.32. The number of carbonyl (C=O) groups excluding carboxylic acids is 2. The molecular weight excluding hydrogens is 1110 g/mol. The number of nitrogens with zero attached hydrogens (tertiary/aromatic N) is 7. The van der Waals surface area contributed by atoms with Gasteiger partial charge in [-0.05, 0) is 116 Å². The van der Waals surface area contributed by atoms with E-state index in [-0.39, 0.29) is 38.7 Å². The number of nitrogens with one attached hydrogen (secondary N) is 2. The van der Waals surface area contributed by atoms with Crippen molar-refractivity contribution in [3.05, 3.63) is 88.7 Å². The van der Waals surface area contributed by atoms with Gasteiger partial charge in [-0.15, -0.1) is 0 Å². The summed E-state index contributed by atoms with van der Waals surface area (Å²) in [5.74, 6) is 5.80. The SMILES string of the molecule is C.C.COc1cc2c(cc1-c1c(C)noc1C)[nH]c1nc(C)nc(-c3ccc(C(=O)N4CCC(O)CC4)c4c3OCCO4)c12.COc1cc2c(cc1-c1c(C)noc1C)[nH]c1nc(C)nc(-c3ccc(OC=O)c4c3OCCO4)c12.OC1CCCCC1. The number of piperidine rings is 1. The van der Waals surface area contributed by atoms with E-state index in [0.29, 0.717) is 156 Å². The highest BCUT2D eigenvalue weighted by molar-refractivity contribution is 6.16. The molecule has 4 aromatic carbocycles. The number of benzene rings is 4.